The summed E-state index contributed by atoms with van der Waals surface area (Å²) in [5.74, 6) is 0.501. The number of anilines is 1. The van der Waals surface area contributed by atoms with E-state index in [4.69, 9.17) is 5.11 Å². The molecule has 0 aliphatic carbocycles. The lowest BCUT2D eigenvalue weighted by Crippen LogP contribution is -2.56. The highest BCUT2D eigenvalue weighted by molar-refractivity contribution is 5.93. The van der Waals surface area contributed by atoms with Crippen molar-refractivity contribution in [3.05, 3.63) is 53.5 Å². The molecule has 1 aromatic carbocycles. The Bertz CT molecular complexity index is 1010. The lowest BCUT2D eigenvalue weighted by atomic mass is 9.94. The van der Waals surface area contributed by atoms with Gasteiger partial charge in [-0.25, -0.2) is 9.97 Å². The summed E-state index contributed by atoms with van der Waals surface area (Å²) in [6.07, 6.45) is 4.53. The molecule has 1 amide bonds. The number of rotatable bonds is 6. The van der Waals surface area contributed by atoms with E-state index in [1.165, 1.54) is 17.5 Å². The van der Waals surface area contributed by atoms with Crippen LogP contribution in [-0.4, -0.2) is 105 Å². The number of β-amino-alcohol motifs (C(OH)–C–C–N with tert-alkyl or cyclic N) is 2. The van der Waals surface area contributed by atoms with Crippen LogP contribution in [0, 0.1) is 0 Å². The molecule has 3 N–H and O–H groups in total. The van der Waals surface area contributed by atoms with Gasteiger partial charge in [0.2, 0.25) is 0 Å². The van der Waals surface area contributed by atoms with Crippen LogP contribution in [0.3, 0.4) is 0 Å². The van der Waals surface area contributed by atoms with E-state index in [2.05, 4.69) is 49.4 Å². The van der Waals surface area contributed by atoms with Crippen LogP contribution in [0.5, 0.6) is 0 Å². The fourth-order valence-corrected chi connectivity index (χ4v) is 5.70. The van der Waals surface area contributed by atoms with Crippen molar-refractivity contribution in [2.75, 3.05) is 51.2 Å². The predicted molar refractivity (Wildman–Crippen MR) is 133 cm³/mol. The van der Waals surface area contributed by atoms with Gasteiger partial charge in [-0.05, 0) is 36.8 Å². The topological polar surface area (TPSA) is 105 Å². The van der Waals surface area contributed by atoms with Gasteiger partial charge in [0.1, 0.15) is 17.8 Å². The zero-order valence-electron chi connectivity index (χ0n) is 20.2. The van der Waals surface area contributed by atoms with Crippen LogP contribution in [-0.2, 0) is 13.0 Å². The molecule has 0 bridgehead atoms. The van der Waals surface area contributed by atoms with Crippen LogP contribution in [0.2, 0.25) is 0 Å². The third-order valence-corrected chi connectivity index (χ3v) is 7.70. The number of hydrogen-bond acceptors (Lipinski definition) is 8. The molecule has 4 heterocycles. The number of carbonyl (C=O) groups is 1. The van der Waals surface area contributed by atoms with E-state index in [-0.39, 0.29) is 24.6 Å². The number of likely N-dealkylation sites (tertiary alicyclic amines) is 2. The van der Waals surface area contributed by atoms with Crippen molar-refractivity contribution in [3.63, 3.8) is 0 Å². The zero-order valence-corrected chi connectivity index (χ0v) is 20.2. The first-order valence-corrected chi connectivity index (χ1v) is 12.8. The summed E-state index contributed by atoms with van der Waals surface area (Å²) in [4.78, 5) is 28.1. The number of hydrogen-bond donors (Lipinski definition) is 3. The van der Waals surface area contributed by atoms with Gasteiger partial charge in [0.05, 0.1) is 12.7 Å². The Kier molecular flexibility index (Phi) is 7.57. The van der Waals surface area contributed by atoms with Crippen molar-refractivity contribution in [1.29, 1.82) is 0 Å². The number of aromatic nitrogens is 2. The number of amides is 1. The fraction of sp³-hybridized carbons (Fsp3) is 0.577. The minimum absolute atomic E-state index is 0.0618. The van der Waals surface area contributed by atoms with E-state index in [1.807, 2.05) is 0 Å². The molecule has 2 fully saturated rings. The minimum atomic E-state index is -0.582. The predicted octanol–water partition coefficient (Wildman–Crippen LogP) is 0.979. The molecule has 1 aromatic heterocycles. The van der Waals surface area contributed by atoms with Crippen LogP contribution in [0.4, 0.5) is 5.82 Å². The van der Waals surface area contributed by atoms with Gasteiger partial charge in [0.25, 0.3) is 5.91 Å². The van der Waals surface area contributed by atoms with Crippen LogP contribution in [0.1, 0.15) is 40.9 Å². The number of aliphatic hydroxyl groups is 2. The first kappa shape index (κ1) is 24.1. The molecule has 2 atom stereocenters. The second kappa shape index (κ2) is 11.0. The average molecular weight is 481 g/mol. The minimum Gasteiger partial charge on any atom is -0.395 e. The summed E-state index contributed by atoms with van der Waals surface area (Å²) in [5.41, 5.74) is 3.09. The summed E-state index contributed by atoms with van der Waals surface area (Å²) < 4.78 is 0. The third-order valence-electron chi connectivity index (χ3n) is 7.70. The molecule has 9 nitrogen and oxygen atoms in total. The quantitative estimate of drug-likeness (QED) is 0.562. The van der Waals surface area contributed by atoms with Crippen molar-refractivity contribution in [1.82, 2.24) is 24.7 Å². The van der Waals surface area contributed by atoms with Crippen molar-refractivity contribution < 1.29 is 15.0 Å². The van der Waals surface area contributed by atoms with Crippen molar-refractivity contribution >= 4 is 11.7 Å². The summed E-state index contributed by atoms with van der Waals surface area (Å²) in [6, 6.07) is 10.6. The Labute approximate surface area is 206 Å². The standard InChI is InChI=1S/C26H36N6O3/c33-14-13-30-9-6-21(7-10-30)29-25-15-22(27-18-28-25)26(35)32-12-8-23(24(34)17-32)31-11-5-19-3-1-2-4-20(19)16-31/h1-4,15,18,21,23-24,33-34H,5-14,16-17H2,(H,27,28,29)/t23-,24-/m0/s1. The molecular formula is C26H36N6O3. The molecule has 0 saturated carbocycles. The maximum Gasteiger partial charge on any atom is 0.272 e. The molecule has 35 heavy (non-hydrogen) atoms. The summed E-state index contributed by atoms with van der Waals surface area (Å²) in [5, 5.41) is 23.5. The monoisotopic (exact) mass is 480 g/mol. The first-order valence-electron chi connectivity index (χ1n) is 12.8. The van der Waals surface area contributed by atoms with E-state index >= 15 is 0 Å². The number of aliphatic hydroxyl groups excluding tert-OH is 2. The second-order valence-corrected chi connectivity index (χ2v) is 9.94. The number of nitrogens with one attached hydrogen (secondary N) is 1. The fourth-order valence-electron chi connectivity index (χ4n) is 5.70. The van der Waals surface area contributed by atoms with Gasteiger partial charge in [-0.3, -0.25) is 9.69 Å². The molecule has 2 aromatic rings. The highest BCUT2D eigenvalue weighted by Gasteiger charge is 2.35. The highest BCUT2D eigenvalue weighted by Crippen LogP contribution is 2.26. The molecule has 0 radical (unpaired) electrons. The van der Waals surface area contributed by atoms with Gasteiger partial charge in [-0.1, -0.05) is 24.3 Å². The Morgan fingerprint density at radius 3 is 2.63 bits per heavy atom. The van der Waals surface area contributed by atoms with Crippen molar-refractivity contribution in [2.45, 2.75) is 50.4 Å². The number of fused-ring (bicyclic) bond motifs is 1. The summed E-state index contributed by atoms with van der Waals surface area (Å²) in [7, 11) is 0. The molecule has 0 spiro atoms. The molecule has 2 saturated heterocycles. The third kappa shape index (κ3) is 5.64. The van der Waals surface area contributed by atoms with Crippen LogP contribution in [0.25, 0.3) is 0 Å². The maximum atomic E-state index is 13.2. The van der Waals surface area contributed by atoms with E-state index in [0.29, 0.717) is 31.1 Å². The molecular weight excluding hydrogens is 444 g/mol. The number of nitrogens with zero attached hydrogens (tertiary/aromatic N) is 5. The van der Waals surface area contributed by atoms with Crippen LogP contribution in [0.15, 0.2) is 36.7 Å². The summed E-state index contributed by atoms with van der Waals surface area (Å²) >= 11 is 0. The van der Waals surface area contributed by atoms with Gasteiger partial charge in [0, 0.05) is 64.0 Å². The highest BCUT2D eigenvalue weighted by atomic mass is 16.3. The zero-order chi connectivity index (χ0) is 24.2. The van der Waals surface area contributed by atoms with Crippen molar-refractivity contribution in [2.24, 2.45) is 0 Å². The molecule has 0 unspecified atom stereocenters. The van der Waals surface area contributed by atoms with Gasteiger partial charge in [-0.2, -0.15) is 0 Å². The van der Waals surface area contributed by atoms with E-state index in [1.54, 1.807) is 11.0 Å². The van der Waals surface area contributed by atoms with Gasteiger partial charge in [-0.15, -0.1) is 0 Å². The molecule has 5 rings (SSSR count). The lowest BCUT2D eigenvalue weighted by molar-refractivity contribution is -0.0139. The average Bonchev–Trinajstić information content (AvgIpc) is 2.89. The Morgan fingerprint density at radius 2 is 1.86 bits per heavy atom. The van der Waals surface area contributed by atoms with Crippen LogP contribution < -0.4 is 5.32 Å². The number of piperidine rings is 2. The summed E-state index contributed by atoms with van der Waals surface area (Å²) in [6.45, 7) is 5.49. The van der Waals surface area contributed by atoms with Gasteiger partial charge >= 0.3 is 0 Å². The maximum absolute atomic E-state index is 13.2. The smallest absolute Gasteiger partial charge is 0.272 e. The Morgan fingerprint density at radius 1 is 1.06 bits per heavy atom. The van der Waals surface area contributed by atoms with Gasteiger partial charge < -0.3 is 25.3 Å². The molecule has 3 aliphatic heterocycles. The van der Waals surface area contributed by atoms with Gasteiger partial charge in [0.15, 0.2) is 0 Å². The second-order valence-electron chi connectivity index (χ2n) is 9.94. The van der Waals surface area contributed by atoms with Crippen molar-refractivity contribution in [3.8, 4) is 0 Å². The molecule has 188 valence electrons. The number of carbonyl (C=O) groups excluding carboxylic acids is 1. The lowest BCUT2D eigenvalue weighted by Gasteiger charge is -2.43. The first-order chi connectivity index (χ1) is 17.1. The molecule has 9 heteroatoms. The number of benzene rings is 1. The Hall–Kier alpha value is -2.59. The normalized spacial score (nSPS) is 24.2. The van der Waals surface area contributed by atoms with E-state index < -0.39 is 6.10 Å². The Balaban J connectivity index is 1.16. The van der Waals surface area contributed by atoms with E-state index in [0.717, 1.165) is 51.9 Å². The molecule has 3 aliphatic rings. The largest absolute Gasteiger partial charge is 0.395 e. The van der Waals surface area contributed by atoms with Crippen LogP contribution >= 0.6 is 0 Å². The SMILES string of the molecule is O=C(c1cc(NC2CCN(CCO)CC2)ncn1)N1CC[C@H](N2CCc3ccccc3C2)[C@@H](O)C1. The van der Waals surface area contributed by atoms with E-state index in [9.17, 15) is 9.90 Å².